The predicted octanol–water partition coefficient (Wildman–Crippen LogP) is 4.38. The molecule has 2 aromatic carbocycles. The summed E-state index contributed by atoms with van der Waals surface area (Å²) in [7, 11) is 0. The van der Waals surface area contributed by atoms with E-state index in [0.717, 1.165) is 45.4 Å². The van der Waals surface area contributed by atoms with Crippen LogP contribution in [0.3, 0.4) is 0 Å². The average molecular weight is 351 g/mol. The Morgan fingerprint density at radius 1 is 1.00 bits per heavy atom. The fraction of sp³-hybridized carbons (Fsp3) is 0.435. The van der Waals surface area contributed by atoms with Crippen molar-refractivity contribution in [2.45, 2.75) is 32.6 Å². The second-order valence-electron chi connectivity index (χ2n) is 7.18. The maximum atomic E-state index is 12.6. The van der Waals surface area contributed by atoms with Crippen LogP contribution in [-0.2, 0) is 11.2 Å². The summed E-state index contributed by atoms with van der Waals surface area (Å²) in [6.45, 7) is 5.69. The highest BCUT2D eigenvalue weighted by Crippen LogP contribution is 2.22. The molecule has 0 aromatic heterocycles. The Labute approximate surface area is 157 Å². The Hall–Kier alpha value is -2.29. The predicted molar refractivity (Wildman–Crippen MR) is 108 cm³/mol. The van der Waals surface area contributed by atoms with E-state index >= 15 is 0 Å². The second-order valence-corrected chi connectivity index (χ2v) is 7.18. The number of benzene rings is 2. The lowest BCUT2D eigenvalue weighted by Crippen LogP contribution is -2.40. The van der Waals surface area contributed by atoms with E-state index in [1.807, 2.05) is 6.07 Å². The van der Waals surface area contributed by atoms with Crippen LogP contribution in [0.4, 0.5) is 5.69 Å². The van der Waals surface area contributed by atoms with Crippen molar-refractivity contribution >= 4 is 11.6 Å². The van der Waals surface area contributed by atoms with E-state index in [0.29, 0.717) is 18.2 Å². The molecule has 138 valence electrons. The molecule has 3 nitrogen and oxygen atoms in total. The molecule has 1 aliphatic rings. The lowest BCUT2D eigenvalue weighted by molar-refractivity contribution is -0.132. The molecule has 1 saturated heterocycles. The van der Waals surface area contributed by atoms with Crippen molar-refractivity contribution in [2.24, 2.45) is 5.92 Å². The standard InChI is InChI=1S/C23H30N2O/c1-2-24(22-11-7-4-8-12-22)18-15-23(26)25-16-13-21(14-17-25)19-20-9-5-3-6-10-20/h3-12,21H,2,13-19H2,1H3. The van der Waals surface area contributed by atoms with Crippen molar-refractivity contribution in [2.75, 3.05) is 31.1 Å². The average Bonchev–Trinajstić information content (AvgIpc) is 2.70. The Kier molecular flexibility index (Phi) is 6.70. The van der Waals surface area contributed by atoms with Crippen molar-refractivity contribution in [3.8, 4) is 0 Å². The molecule has 0 spiro atoms. The minimum absolute atomic E-state index is 0.303. The van der Waals surface area contributed by atoms with Gasteiger partial charge in [0.25, 0.3) is 0 Å². The first-order chi connectivity index (χ1) is 12.8. The van der Waals surface area contributed by atoms with Gasteiger partial charge in [-0.15, -0.1) is 0 Å². The summed E-state index contributed by atoms with van der Waals surface area (Å²) in [6, 6.07) is 21.1. The Morgan fingerprint density at radius 3 is 2.23 bits per heavy atom. The van der Waals surface area contributed by atoms with Crippen molar-refractivity contribution in [3.05, 3.63) is 66.2 Å². The third-order valence-corrected chi connectivity index (χ3v) is 5.43. The highest BCUT2D eigenvalue weighted by molar-refractivity contribution is 5.77. The van der Waals surface area contributed by atoms with Crippen LogP contribution in [-0.4, -0.2) is 37.0 Å². The number of hydrogen-bond acceptors (Lipinski definition) is 2. The number of hydrogen-bond donors (Lipinski definition) is 0. The summed E-state index contributed by atoms with van der Waals surface area (Å²) in [5.74, 6) is 1.01. The monoisotopic (exact) mass is 350 g/mol. The molecule has 0 atom stereocenters. The molecule has 0 unspecified atom stereocenters. The van der Waals surface area contributed by atoms with Gasteiger partial charge >= 0.3 is 0 Å². The Balaban J connectivity index is 1.43. The number of likely N-dealkylation sites (tertiary alicyclic amines) is 1. The molecule has 1 heterocycles. The minimum atomic E-state index is 0.303. The van der Waals surface area contributed by atoms with Gasteiger partial charge in [-0.3, -0.25) is 4.79 Å². The molecule has 0 saturated carbocycles. The Bertz CT molecular complexity index is 663. The van der Waals surface area contributed by atoms with E-state index in [-0.39, 0.29) is 0 Å². The number of carbonyl (C=O) groups excluding carboxylic acids is 1. The van der Waals surface area contributed by atoms with E-state index in [4.69, 9.17) is 0 Å². The maximum absolute atomic E-state index is 12.6. The summed E-state index contributed by atoms with van der Waals surface area (Å²) in [4.78, 5) is 17.0. The zero-order valence-corrected chi connectivity index (χ0v) is 15.8. The Morgan fingerprint density at radius 2 is 1.62 bits per heavy atom. The van der Waals surface area contributed by atoms with Crippen molar-refractivity contribution in [3.63, 3.8) is 0 Å². The highest BCUT2D eigenvalue weighted by Gasteiger charge is 2.23. The SMILES string of the molecule is CCN(CCC(=O)N1CCC(Cc2ccccc2)CC1)c1ccccc1. The topological polar surface area (TPSA) is 23.6 Å². The lowest BCUT2D eigenvalue weighted by atomic mass is 9.90. The summed E-state index contributed by atoms with van der Waals surface area (Å²) in [6.07, 6.45) is 3.99. The molecule has 0 bridgehead atoms. The number of rotatable bonds is 7. The molecule has 1 amide bonds. The number of anilines is 1. The molecular weight excluding hydrogens is 320 g/mol. The smallest absolute Gasteiger partial charge is 0.224 e. The van der Waals surface area contributed by atoms with Gasteiger partial charge < -0.3 is 9.80 Å². The molecule has 0 radical (unpaired) electrons. The molecule has 3 rings (SSSR count). The molecule has 1 aliphatic heterocycles. The number of piperidine rings is 1. The fourth-order valence-electron chi connectivity index (χ4n) is 3.83. The molecule has 3 heteroatoms. The van der Waals surface area contributed by atoms with Gasteiger partial charge in [0.1, 0.15) is 0 Å². The highest BCUT2D eigenvalue weighted by atomic mass is 16.2. The molecule has 1 fully saturated rings. The zero-order chi connectivity index (χ0) is 18.2. The third kappa shape index (κ3) is 5.10. The molecule has 2 aromatic rings. The lowest BCUT2D eigenvalue weighted by Gasteiger charge is -2.33. The van der Waals surface area contributed by atoms with Gasteiger partial charge in [0.15, 0.2) is 0 Å². The number of para-hydroxylation sites is 1. The van der Waals surface area contributed by atoms with E-state index in [1.54, 1.807) is 0 Å². The van der Waals surface area contributed by atoms with E-state index < -0.39 is 0 Å². The number of carbonyl (C=O) groups is 1. The number of nitrogens with zero attached hydrogens (tertiary/aromatic N) is 2. The van der Waals surface area contributed by atoms with Gasteiger partial charge in [-0.2, -0.15) is 0 Å². The van der Waals surface area contributed by atoms with Crippen LogP contribution in [0.15, 0.2) is 60.7 Å². The van der Waals surface area contributed by atoms with E-state index in [9.17, 15) is 4.79 Å². The second kappa shape index (κ2) is 9.42. The zero-order valence-electron chi connectivity index (χ0n) is 15.8. The molecule has 0 aliphatic carbocycles. The van der Waals surface area contributed by atoms with Crippen LogP contribution in [0.2, 0.25) is 0 Å². The quantitative estimate of drug-likeness (QED) is 0.740. The molecule has 26 heavy (non-hydrogen) atoms. The van der Waals surface area contributed by atoms with E-state index in [1.165, 1.54) is 11.3 Å². The van der Waals surface area contributed by atoms with Gasteiger partial charge in [-0.05, 0) is 49.8 Å². The fourth-order valence-corrected chi connectivity index (χ4v) is 3.83. The summed E-state index contributed by atoms with van der Waals surface area (Å²) in [5, 5.41) is 0. The first-order valence-corrected chi connectivity index (χ1v) is 9.88. The largest absolute Gasteiger partial charge is 0.371 e. The first-order valence-electron chi connectivity index (χ1n) is 9.88. The summed E-state index contributed by atoms with van der Waals surface area (Å²) < 4.78 is 0. The number of amides is 1. The van der Waals surface area contributed by atoms with Gasteiger partial charge in [0.05, 0.1) is 0 Å². The van der Waals surface area contributed by atoms with Gasteiger partial charge in [0, 0.05) is 38.3 Å². The van der Waals surface area contributed by atoms with Crippen molar-refractivity contribution in [1.82, 2.24) is 4.90 Å². The van der Waals surface area contributed by atoms with Crippen LogP contribution < -0.4 is 4.90 Å². The van der Waals surface area contributed by atoms with Gasteiger partial charge in [0.2, 0.25) is 5.91 Å². The van der Waals surface area contributed by atoms with Crippen LogP contribution in [0.25, 0.3) is 0 Å². The normalized spacial score (nSPS) is 15.0. The van der Waals surface area contributed by atoms with Gasteiger partial charge in [-0.25, -0.2) is 0 Å². The van der Waals surface area contributed by atoms with Crippen LogP contribution in [0.5, 0.6) is 0 Å². The molecular formula is C23H30N2O. The maximum Gasteiger partial charge on any atom is 0.224 e. The van der Waals surface area contributed by atoms with Crippen molar-refractivity contribution < 1.29 is 4.79 Å². The van der Waals surface area contributed by atoms with Gasteiger partial charge in [-0.1, -0.05) is 48.5 Å². The third-order valence-electron chi connectivity index (χ3n) is 5.43. The summed E-state index contributed by atoms with van der Waals surface area (Å²) >= 11 is 0. The van der Waals surface area contributed by atoms with Crippen LogP contribution in [0.1, 0.15) is 31.7 Å². The summed E-state index contributed by atoms with van der Waals surface area (Å²) in [5.41, 5.74) is 2.61. The van der Waals surface area contributed by atoms with Crippen LogP contribution >= 0.6 is 0 Å². The first kappa shape index (κ1) is 18.5. The van der Waals surface area contributed by atoms with Crippen LogP contribution in [0, 0.1) is 5.92 Å². The van der Waals surface area contributed by atoms with Crippen molar-refractivity contribution in [1.29, 1.82) is 0 Å². The van der Waals surface area contributed by atoms with E-state index in [2.05, 4.69) is 71.3 Å². The molecule has 0 N–H and O–H groups in total. The minimum Gasteiger partial charge on any atom is -0.371 e.